The number of hydrogen-bond acceptors (Lipinski definition) is 6. The van der Waals surface area contributed by atoms with Crippen LogP contribution in [0.5, 0.6) is 0 Å². The molecule has 0 aliphatic rings. The first-order valence-corrected chi connectivity index (χ1v) is 8.35. The fraction of sp³-hybridized carbons (Fsp3) is 0.0625. The van der Waals surface area contributed by atoms with Crippen LogP contribution in [0.15, 0.2) is 56.9 Å². The number of hydrogen-bond donors (Lipinski definition) is 0. The Morgan fingerprint density at radius 2 is 2.26 bits per heavy atom. The van der Waals surface area contributed by atoms with Gasteiger partial charge in [0.25, 0.3) is 5.89 Å². The van der Waals surface area contributed by atoms with Crippen LogP contribution in [0.4, 0.5) is 0 Å². The number of esters is 1. The lowest BCUT2D eigenvalue weighted by Crippen LogP contribution is -2.00. The van der Waals surface area contributed by atoms with E-state index < -0.39 is 5.97 Å². The first-order chi connectivity index (χ1) is 11.2. The summed E-state index contributed by atoms with van der Waals surface area (Å²) in [7, 11) is 0. The maximum atomic E-state index is 11.6. The summed E-state index contributed by atoms with van der Waals surface area (Å²) in [6, 6.07) is 11.4. The van der Waals surface area contributed by atoms with Crippen LogP contribution in [-0.2, 0) is 16.1 Å². The predicted molar refractivity (Wildman–Crippen MR) is 90.6 cm³/mol. The van der Waals surface area contributed by atoms with Crippen molar-refractivity contribution in [2.75, 3.05) is 0 Å². The molecule has 0 saturated heterocycles. The molecular formula is C16H11BrN2O3S. The fourth-order valence-electron chi connectivity index (χ4n) is 1.78. The molecule has 0 aliphatic heterocycles. The molecule has 3 rings (SSSR count). The summed E-state index contributed by atoms with van der Waals surface area (Å²) in [5.41, 5.74) is 0.818. The zero-order valence-corrected chi connectivity index (χ0v) is 14.2. The lowest BCUT2D eigenvalue weighted by molar-refractivity contribution is -0.139. The zero-order valence-electron chi connectivity index (χ0n) is 11.8. The molecule has 0 radical (unpaired) electrons. The average Bonchev–Trinajstić information content (AvgIpc) is 3.22. The van der Waals surface area contributed by atoms with E-state index in [4.69, 9.17) is 9.26 Å². The number of halogens is 1. The molecule has 0 aliphatic carbocycles. The largest absolute Gasteiger partial charge is 0.452 e. The van der Waals surface area contributed by atoms with Crippen molar-refractivity contribution in [3.8, 4) is 11.4 Å². The Morgan fingerprint density at radius 3 is 3.04 bits per heavy atom. The Balaban J connectivity index is 1.58. The van der Waals surface area contributed by atoms with Crippen molar-refractivity contribution in [2.24, 2.45) is 0 Å². The number of ether oxygens (including phenoxy) is 1. The molecule has 0 atom stereocenters. The highest BCUT2D eigenvalue weighted by Crippen LogP contribution is 2.20. The van der Waals surface area contributed by atoms with E-state index in [9.17, 15) is 4.79 Å². The van der Waals surface area contributed by atoms with Gasteiger partial charge in [-0.15, -0.1) is 11.3 Å². The minimum Gasteiger partial charge on any atom is -0.452 e. The molecule has 7 heteroatoms. The Bertz CT molecular complexity index is 827. The van der Waals surface area contributed by atoms with Crippen LogP contribution in [0.25, 0.3) is 17.5 Å². The molecule has 0 spiro atoms. The van der Waals surface area contributed by atoms with Gasteiger partial charge in [-0.1, -0.05) is 39.3 Å². The number of rotatable bonds is 5. The highest BCUT2D eigenvalue weighted by atomic mass is 79.9. The number of benzene rings is 1. The highest BCUT2D eigenvalue weighted by molar-refractivity contribution is 9.10. The lowest BCUT2D eigenvalue weighted by atomic mass is 10.2. The second kappa shape index (κ2) is 7.34. The third-order valence-electron chi connectivity index (χ3n) is 2.82. The zero-order chi connectivity index (χ0) is 16.1. The molecule has 0 bridgehead atoms. The van der Waals surface area contributed by atoms with E-state index in [-0.39, 0.29) is 12.5 Å². The van der Waals surface area contributed by atoms with Crippen LogP contribution in [0.2, 0.25) is 0 Å². The minimum absolute atomic E-state index is 0.0609. The smallest absolute Gasteiger partial charge is 0.331 e. The van der Waals surface area contributed by atoms with Crippen molar-refractivity contribution in [3.63, 3.8) is 0 Å². The molecule has 0 amide bonds. The Hall–Kier alpha value is -2.25. The Labute approximate surface area is 144 Å². The Morgan fingerprint density at radius 1 is 1.35 bits per heavy atom. The molecule has 2 heterocycles. The second-order valence-corrected chi connectivity index (χ2v) is 6.37. The quantitative estimate of drug-likeness (QED) is 0.479. The first kappa shape index (κ1) is 15.6. The van der Waals surface area contributed by atoms with Crippen LogP contribution < -0.4 is 0 Å². The van der Waals surface area contributed by atoms with E-state index in [1.807, 2.05) is 41.8 Å². The fourth-order valence-corrected chi connectivity index (χ4v) is 2.79. The van der Waals surface area contributed by atoms with Gasteiger partial charge in [0.1, 0.15) is 0 Å². The molecule has 2 aromatic heterocycles. The summed E-state index contributed by atoms with van der Waals surface area (Å²) in [5.74, 6) is 0.241. The van der Waals surface area contributed by atoms with Gasteiger partial charge in [0, 0.05) is 21.0 Å². The van der Waals surface area contributed by atoms with E-state index in [0.717, 1.165) is 14.9 Å². The molecule has 0 unspecified atom stereocenters. The van der Waals surface area contributed by atoms with Crippen molar-refractivity contribution in [1.29, 1.82) is 0 Å². The number of carbonyl (C=O) groups excluding carboxylic acids is 1. The molecule has 0 fully saturated rings. The molecule has 3 aromatic rings. The normalized spacial score (nSPS) is 11.0. The summed E-state index contributed by atoms with van der Waals surface area (Å²) in [5, 5.41) is 5.81. The molecule has 0 saturated carbocycles. The van der Waals surface area contributed by atoms with Gasteiger partial charge in [0.15, 0.2) is 6.61 Å². The van der Waals surface area contributed by atoms with E-state index in [1.54, 1.807) is 17.4 Å². The summed E-state index contributed by atoms with van der Waals surface area (Å²) in [6.07, 6.45) is 3.07. The number of thiophene rings is 1. The van der Waals surface area contributed by atoms with E-state index >= 15 is 0 Å². The van der Waals surface area contributed by atoms with Gasteiger partial charge in [-0.05, 0) is 29.7 Å². The monoisotopic (exact) mass is 390 g/mol. The predicted octanol–water partition coefficient (Wildman–Crippen LogP) is 4.32. The van der Waals surface area contributed by atoms with Gasteiger partial charge in [-0.2, -0.15) is 4.98 Å². The van der Waals surface area contributed by atoms with Crippen LogP contribution in [0.3, 0.4) is 0 Å². The van der Waals surface area contributed by atoms with Gasteiger partial charge >= 0.3 is 5.97 Å². The lowest BCUT2D eigenvalue weighted by Gasteiger charge is -1.96. The van der Waals surface area contributed by atoms with E-state index in [2.05, 4.69) is 26.1 Å². The maximum Gasteiger partial charge on any atom is 0.331 e. The van der Waals surface area contributed by atoms with Crippen molar-refractivity contribution in [1.82, 2.24) is 10.1 Å². The second-order valence-electron chi connectivity index (χ2n) is 4.48. The third kappa shape index (κ3) is 4.37. The topological polar surface area (TPSA) is 65.2 Å². The van der Waals surface area contributed by atoms with E-state index in [1.165, 1.54) is 6.08 Å². The van der Waals surface area contributed by atoms with Gasteiger partial charge in [-0.3, -0.25) is 0 Å². The molecule has 23 heavy (non-hydrogen) atoms. The summed E-state index contributed by atoms with van der Waals surface area (Å²) >= 11 is 4.93. The SMILES string of the molecule is O=C(/C=C/c1cccs1)OCc1nc(-c2cccc(Br)c2)no1. The summed E-state index contributed by atoms with van der Waals surface area (Å²) in [6.45, 7) is -0.0609. The van der Waals surface area contributed by atoms with Crippen molar-refractivity contribution >= 4 is 39.3 Å². The molecule has 0 N–H and O–H groups in total. The van der Waals surface area contributed by atoms with Crippen molar-refractivity contribution < 1.29 is 14.1 Å². The third-order valence-corrected chi connectivity index (χ3v) is 4.15. The number of aromatic nitrogens is 2. The highest BCUT2D eigenvalue weighted by Gasteiger charge is 2.10. The van der Waals surface area contributed by atoms with Crippen LogP contribution >= 0.6 is 27.3 Å². The van der Waals surface area contributed by atoms with Gasteiger partial charge < -0.3 is 9.26 Å². The molecule has 116 valence electrons. The maximum absolute atomic E-state index is 11.6. The van der Waals surface area contributed by atoms with Crippen molar-refractivity contribution in [2.45, 2.75) is 6.61 Å². The molecule has 5 nitrogen and oxygen atoms in total. The Kier molecular flexibility index (Phi) is 4.99. The van der Waals surface area contributed by atoms with Crippen molar-refractivity contribution in [3.05, 3.63) is 63.1 Å². The standard InChI is InChI=1S/C16H11BrN2O3S/c17-12-4-1-3-11(9-12)16-18-14(22-19-16)10-21-15(20)7-6-13-5-2-8-23-13/h1-9H,10H2/b7-6+. The van der Waals surface area contributed by atoms with Gasteiger partial charge in [-0.25, -0.2) is 4.79 Å². The van der Waals surface area contributed by atoms with Gasteiger partial charge in [0.2, 0.25) is 5.82 Å². The molecule has 1 aromatic carbocycles. The average molecular weight is 391 g/mol. The van der Waals surface area contributed by atoms with Crippen LogP contribution in [0.1, 0.15) is 10.8 Å². The number of nitrogens with zero attached hydrogens (tertiary/aromatic N) is 2. The minimum atomic E-state index is -0.458. The summed E-state index contributed by atoms with van der Waals surface area (Å²) in [4.78, 5) is 16.8. The van der Waals surface area contributed by atoms with E-state index in [0.29, 0.717) is 5.82 Å². The summed E-state index contributed by atoms with van der Waals surface area (Å²) < 4.78 is 11.1. The van der Waals surface area contributed by atoms with Crippen LogP contribution in [0, 0.1) is 0 Å². The first-order valence-electron chi connectivity index (χ1n) is 6.67. The molecular weight excluding hydrogens is 380 g/mol. The number of carbonyl (C=O) groups is 1. The van der Waals surface area contributed by atoms with Gasteiger partial charge in [0.05, 0.1) is 0 Å². The van der Waals surface area contributed by atoms with Crippen LogP contribution in [-0.4, -0.2) is 16.1 Å².